The molecule has 0 aromatic heterocycles. The van der Waals surface area contributed by atoms with E-state index in [4.69, 9.17) is 5.73 Å². The molecule has 0 heterocycles. The summed E-state index contributed by atoms with van der Waals surface area (Å²) in [5, 5.41) is 0. The van der Waals surface area contributed by atoms with Crippen LogP contribution < -0.4 is 5.73 Å². The molecule has 15 heavy (non-hydrogen) atoms. The van der Waals surface area contributed by atoms with Crippen LogP contribution in [-0.4, -0.2) is 6.43 Å². The number of benzene rings is 1. The molecule has 0 aliphatic rings. The lowest BCUT2D eigenvalue weighted by molar-refractivity contribution is 0.127. The van der Waals surface area contributed by atoms with Crippen LogP contribution in [0, 0.1) is 11.6 Å². The van der Waals surface area contributed by atoms with E-state index in [-0.39, 0.29) is 4.47 Å². The molecule has 1 aromatic rings. The molecule has 6 heteroatoms. The number of alkyl halides is 2. The zero-order chi connectivity index (χ0) is 11.6. The Hall–Kier alpha value is -0.620. The molecule has 0 bridgehead atoms. The average Bonchev–Trinajstić information content (AvgIpc) is 1.99. The fourth-order valence-corrected chi connectivity index (χ4v) is 1.62. The quantitative estimate of drug-likeness (QED) is 0.847. The second kappa shape index (κ2) is 4.94. The van der Waals surface area contributed by atoms with Crippen molar-refractivity contribution < 1.29 is 17.6 Å². The minimum Gasteiger partial charge on any atom is -0.324 e. The van der Waals surface area contributed by atoms with Crippen molar-refractivity contribution in [2.45, 2.75) is 18.9 Å². The van der Waals surface area contributed by atoms with Crippen molar-refractivity contribution in [3.05, 3.63) is 33.8 Å². The maximum atomic E-state index is 13.2. The number of halogens is 5. The molecule has 0 aliphatic heterocycles. The third-order valence-corrected chi connectivity index (χ3v) is 2.30. The fourth-order valence-electron chi connectivity index (χ4n) is 1.22. The summed E-state index contributed by atoms with van der Waals surface area (Å²) < 4.78 is 50.6. The van der Waals surface area contributed by atoms with E-state index >= 15 is 0 Å². The number of rotatable bonds is 3. The highest BCUT2D eigenvalue weighted by Gasteiger charge is 2.20. The SMILES string of the molecule is N[C@H](CC(F)F)c1c(F)cc(Br)cc1F. The molecule has 0 amide bonds. The Morgan fingerprint density at radius 3 is 2.07 bits per heavy atom. The summed E-state index contributed by atoms with van der Waals surface area (Å²) >= 11 is 2.88. The van der Waals surface area contributed by atoms with E-state index in [2.05, 4.69) is 15.9 Å². The first kappa shape index (κ1) is 12.4. The molecule has 1 nitrogen and oxygen atoms in total. The van der Waals surface area contributed by atoms with Crippen molar-refractivity contribution in [1.82, 2.24) is 0 Å². The molecule has 1 atom stereocenters. The van der Waals surface area contributed by atoms with Crippen molar-refractivity contribution in [2.75, 3.05) is 0 Å². The zero-order valence-electron chi connectivity index (χ0n) is 7.48. The molecule has 1 rings (SSSR count). The highest BCUT2D eigenvalue weighted by Crippen LogP contribution is 2.26. The first-order chi connectivity index (χ1) is 6.91. The van der Waals surface area contributed by atoms with E-state index in [0.717, 1.165) is 12.1 Å². The highest BCUT2D eigenvalue weighted by atomic mass is 79.9. The molecule has 0 saturated heterocycles. The van der Waals surface area contributed by atoms with E-state index in [1.54, 1.807) is 0 Å². The zero-order valence-corrected chi connectivity index (χ0v) is 9.07. The van der Waals surface area contributed by atoms with Gasteiger partial charge in [-0.3, -0.25) is 0 Å². The van der Waals surface area contributed by atoms with Crippen LogP contribution in [0.1, 0.15) is 18.0 Å². The van der Waals surface area contributed by atoms with Crippen molar-refractivity contribution >= 4 is 15.9 Å². The Morgan fingerprint density at radius 2 is 1.67 bits per heavy atom. The summed E-state index contributed by atoms with van der Waals surface area (Å²) in [6.45, 7) is 0. The number of hydrogen-bond donors (Lipinski definition) is 1. The largest absolute Gasteiger partial charge is 0.324 e. The first-order valence-corrected chi connectivity index (χ1v) is 4.89. The molecule has 0 radical (unpaired) electrons. The van der Waals surface area contributed by atoms with Crippen LogP contribution >= 0.6 is 15.9 Å². The van der Waals surface area contributed by atoms with Gasteiger partial charge in [-0.2, -0.15) is 0 Å². The van der Waals surface area contributed by atoms with Gasteiger partial charge in [0, 0.05) is 22.5 Å². The number of nitrogens with two attached hydrogens (primary N) is 1. The normalized spacial score (nSPS) is 13.3. The van der Waals surface area contributed by atoms with Gasteiger partial charge in [-0.05, 0) is 12.1 Å². The summed E-state index contributed by atoms with van der Waals surface area (Å²) in [4.78, 5) is 0. The smallest absolute Gasteiger partial charge is 0.240 e. The third-order valence-electron chi connectivity index (χ3n) is 1.85. The molecule has 0 fully saturated rings. The second-order valence-corrected chi connectivity index (χ2v) is 3.93. The van der Waals surface area contributed by atoms with Crippen molar-refractivity contribution in [3.63, 3.8) is 0 Å². The van der Waals surface area contributed by atoms with Crippen LogP contribution in [0.3, 0.4) is 0 Å². The molecule has 0 saturated carbocycles. The fraction of sp³-hybridized carbons (Fsp3) is 0.333. The van der Waals surface area contributed by atoms with E-state index < -0.39 is 36.1 Å². The van der Waals surface area contributed by atoms with Crippen LogP contribution in [0.15, 0.2) is 16.6 Å². The maximum Gasteiger partial charge on any atom is 0.240 e. The first-order valence-electron chi connectivity index (χ1n) is 4.10. The van der Waals surface area contributed by atoms with Gasteiger partial charge in [0.25, 0.3) is 0 Å². The van der Waals surface area contributed by atoms with Gasteiger partial charge in [0.2, 0.25) is 6.43 Å². The monoisotopic (exact) mass is 285 g/mol. The second-order valence-electron chi connectivity index (χ2n) is 3.02. The Labute approximate surface area is 92.4 Å². The number of hydrogen-bond acceptors (Lipinski definition) is 1. The van der Waals surface area contributed by atoms with Crippen LogP contribution in [0.5, 0.6) is 0 Å². The van der Waals surface area contributed by atoms with Crippen LogP contribution in [0.4, 0.5) is 17.6 Å². The summed E-state index contributed by atoms with van der Waals surface area (Å²) in [5.41, 5.74) is 4.77. The Kier molecular flexibility index (Phi) is 4.10. The van der Waals surface area contributed by atoms with Gasteiger partial charge in [-0.15, -0.1) is 0 Å². The highest BCUT2D eigenvalue weighted by molar-refractivity contribution is 9.10. The molecule has 0 unspecified atom stereocenters. The van der Waals surface area contributed by atoms with Gasteiger partial charge in [-0.1, -0.05) is 15.9 Å². The van der Waals surface area contributed by atoms with Crippen LogP contribution in [0.2, 0.25) is 0 Å². The Morgan fingerprint density at radius 1 is 1.20 bits per heavy atom. The average molecular weight is 286 g/mol. The lowest BCUT2D eigenvalue weighted by Gasteiger charge is -2.13. The molecule has 0 aliphatic carbocycles. The third kappa shape index (κ3) is 3.17. The molecule has 2 N–H and O–H groups in total. The Bertz CT molecular complexity index is 333. The topological polar surface area (TPSA) is 26.0 Å². The van der Waals surface area contributed by atoms with E-state index in [1.165, 1.54) is 0 Å². The van der Waals surface area contributed by atoms with Crippen LogP contribution in [-0.2, 0) is 0 Å². The summed E-state index contributed by atoms with van der Waals surface area (Å²) in [7, 11) is 0. The molecular weight excluding hydrogens is 278 g/mol. The predicted octanol–water partition coefficient (Wildman–Crippen LogP) is 3.38. The van der Waals surface area contributed by atoms with Crippen molar-refractivity contribution in [3.8, 4) is 0 Å². The van der Waals surface area contributed by atoms with Gasteiger partial charge in [0.15, 0.2) is 0 Å². The lowest BCUT2D eigenvalue weighted by atomic mass is 10.0. The predicted molar refractivity (Wildman–Crippen MR) is 51.6 cm³/mol. The summed E-state index contributed by atoms with van der Waals surface area (Å²) in [5.74, 6) is -1.84. The van der Waals surface area contributed by atoms with E-state index in [9.17, 15) is 17.6 Å². The van der Waals surface area contributed by atoms with E-state index in [0.29, 0.717) is 0 Å². The van der Waals surface area contributed by atoms with E-state index in [1.807, 2.05) is 0 Å². The minimum absolute atomic E-state index is 0.200. The molecule has 0 spiro atoms. The van der Waals surface area contributed by atoms with Crippen molar-refractivity contribution in [2.24, 2.45) is 5.73 Å². The minimum atomic E-state index is -2.69. The van der Waals surface area contributed by atoms with Crippen LogP contribution in [0.25, 0.3) is 0 Å². The summed E-state index contributed by atoms with van der Waals surface area (Å²) in [6, 6.07) is 0.645. The van der Waals surface area contributed by atoms with Crippen molar-refractivity contribution in [1.29, 1.82) is 0 Å². The van der Waals surface area contributed by atoms with Gasteiger partial charge in [0.1, 0.15) is 11.6 Å². The van der Waals surface area contributed by atoms with Gasteiger partial charge in [-0.25, -0.2) is 17.6 Å². The maximum absolute atomic E-state index is 13.2. The molecular formula is C9H8BrF4N. The molecule has 1 aromatic carbocycles. The molecule has 84 valence electrons. The van der Waals surface area contributed by atoms with Gasteiger partial charge in [0.05, 0.1) is 0 Å². The van der Waals surface area contributed by atoms with Gasteiger partial charge >= 0.3 is 0 Å². The standard InChI is InChI=1S/C9H8BrF4N/c10-4-1-5(11)9(6(12)2-4)7(15)3-8(13)14/h1-2,7-8H,3,15H2/t7-/m1/s1. The Balaban J connectivity index is 3.03. The summed E-state index contributed by atoms with van der Waals surface area (Å²) in [6.07, 6.45) is -3.46. The lowest BCUT2D eigenvalue weighted by Crippen LogP contribution is -2.17. The van der Waals surface area contributed by atoms with Gasteiger partial charge < -0.3 is 5.73 Å².